The maximum absolute atomic E-state index is 12.2. The van der Waals surface area contributed by atoms with Crippen molar-refractivity contribution >= 4 is 21.4 Å². The van der Waals surface area contributed by atoms with E-state index in [0.717, 1.165) is 10.6 Å². The Hall–Kier alpha value is -1.15. The van der Waals surface area contributed by atoms with E-state index in [4.69, 9.17) is 4.42 Å². The van der Waals surface area contributed by atoms with Gasteiger partial charge in [0.15, 0.2) is 0 Å². The van der Waals surface area contributed by atoms with Gasteiger partial charge in [-0.15, -0.1) is 11.3 Å². The molecule has 2 aromatic rings. The van der Waals surface area contributed by atoms with Crippen molar-refractivity contribution in [1.29, 1.82) is 0 Å². The second-order valence-corrected chi connectivity index (χ2v) is 6.81. The molecule has 5 nitrogen and oxygen atoms in total. The normalized spacial score (nSPS) is 11.9. The molecular formula is C12H16N2O3S2. The lowest BCUT2D eigenvalue weighted by atomic mass is 10.4. The Bertz CT molecular complexity index is 643. The zero-order valence-electron chi connectivity index (χ0n) is 10.8. The fourth-order valence-electron chi connectivity index (χ4n) is 1.68. The van der Waals surface area contributed by atoms with Crippen LogP contribution in [0.15, 0.2) is 32.9 Å². The predicted molar refractivity (Wildman–Crippen MR) is 74.6 cm³/mol. The number of nitrogens with one attached hydrogen (secondary N) is 2. The van der Waals surface area contributed by atoms with Crippen molar-refractivity contribution in [2.75, 3.05) is 7.05 Å². The number of hydrogen-bond donors (Lipinski definition) is 2. The minimum absolute atomic E-state index is 0.158. The van der Waals surface area contributed by atoms with Gasteiger partial charge >= 0.3 is 0 Å². The lowest BCUT2D eigenvalue weighted by molar-refractivity contribution is 0.475. The number of furan rings is 1. The molecule has 7 heteroatoms. The van der Waals surface area contributed by atoms with Crippen molar-refractivity contribution in [2.24, 2.45) is 0 Å². The number of sulfonamides is 1. The van der Waals surface area contributed by atoms with E-state index in [1.54, 1.807) is 30.6 Å². The maximum Gasteiger partial charge on any atom is 0.242 e. The first-order valence-electron chi connectivity index (χ1n) is 5.79. The van der Waals surface area contributed by atoms with E-state index < -0.39 is 10.0 Å². The van der Waals surface area contributed by atoms with E-state index >= 15 is 0 Å². The van der Waals surface area contributed by atoms with Gasteiger partial charge in [-0.1, -0.05) is 0 Å². The molecule has 0 aliphatic rings. The van der Waals surface area contributed by atoms with E-state index in [2.05, 4.69) is 10.0 Å². The van der Waals surface area contributed by atoms with E-state index in [1.807, 2.05) is 6.92 Å². The number of rotatable bonds is 6. The smallest absolute Gasteiger partial charge is 0.242 e. The molecule has 104 valence electrons. The molecule has 0 aliphatic carbocycles. The first-order valence-corrected chi connectivity index (χ1v) is 8.15. The first-order chi connectivity index (χ1) is 9.03. The summed E-state index contributed by atoms with van der Waals surface area (Å²) in [5.74, 6) is 1.37. The molecule has 2 aromatic heterocycles. The molecule has 0 aliphatic heterocycles. The monoisotopic (exact) mass is 300 g/mol. The predicted octanol–water partition coefficient (Wildman–Crippen LogP) is 1.85. The average Bonchev–Trinajstić information content (AvgIpc) is 2.97. The molecule has 0 fully saturated rings. The van der Waals surface area contributed by atoms with Gasteiger partial charge in [-0.25, -0.2) is 13.1 Å². The summed E-state index contributed by atoms with van der Waals surface area (Å²) >= 11 is 1.42. The Morgan fingerprint density at radius 1 is 1.26 bits per heavy atom. The van der Waals surface area contributed by atoms with Crippen LogP contribution in [-0.2, 0) is 23.1 Å². The SMILES string of the molecule is CNCc1sccc1S(=O)(=O)NCc1ccc(C)o1. The summed E-state index contributed by atoms with van der Waals surface area (Å²) in [6.45, 7) is 2.51. The van der Waals surface area contributed by atoms with Crippen LogP contribution in [0.1, 0.15) is 16.4 Å². The van der Waals surface area contributed by atoms with Gasteiger partial charge < -0.3 is 9.73 Å². The van der Waals surface area contributed by atoms with Crippen LogP contribution in [0.3, 0.4) is 0 Å². The Morgan fingerprint density at radius 3 is 2.68 bits per heavy atom. The van der Waals surface area contributed by atoms with Crippen LogP contribution in [0.4, 0.5) is 0 Å². The Kier molecular flexibility index (Phi) is 4.41. The number of hydrogen-bond acceptors (Lipinski definition) is 5. The van der Waals surface area contributed by atoms with Crippen LogP contribution in [0, 0.1) is 6.92 Å². The van der Waals surface area contributed by atoms with Gasteiger partial charge in [0.25, 0.3) is 0 Å². The van der Waals surface area contributed by atoms with Gasteiger partial charge in [-0.3, -0.25) is 0 Å². The summed E-state index contributed by atoms with van der Waals surface area (Å²) < 4.78 is 32.3. The first kappa shape index (κ1) is 14.3. The van der Waals surface area contributed by atoms with Crippen LogP contribution in [-0.4, -0.2) is 15.5 Å². The van der Waals surface area contributed by atoms with Crippen LogP contribution >= 0.6 is 11.3 Å². The van der Waals surface area contributed by atoms with E-state index in [9.17, 15) is 8.42 Å². The largest absolute Gasteiger partial charge is 0.465 e. The molecule has 0 amide bonds. The molecule has 0 saturated carbocycles. The molecule has 0 unspecified atom stereocenters. The Labute approximate surface area is 116 Å². The molecule has 0 radical (unpaired) electrons. The highest BCUT2D eigenvalue weighted by molar-refractivity contribution is 7.89. The van der Waals surface area contributed by atoms with Gasteiger partial charge in [0.05, 0.1) is 11.4 Å². The molecule has 2 rings (SSSR count). The molecule has 19 heavy (non-hydrogen) atoms. The second-order valence-electron chi connectivity index (χ2n) is 4.08. The zero-order valence-corrected chi connectivity index (χ0v) is 12.4. The van der Waals surface area contributed by atoms with Crippen molar-refractivity contribution in [1.82, 2.24) is 10.0 Å². The van der Waals surface area contributed by atoms with E-state index in [-0.39, 0.29) is 6.54 Å². The molecule has 0 bridgehead atoms. The molecule has 0 aromatic carbocycles. The van der Waals surface area contributed by atoms with E-state index in [0.29, 0.717) is 17.2 Å². The van der Waals surface area contributed by atoms with Gasteiger partial charge in [-0.2, -0.15) is 0 Å². The van der Waals surface area contributed by atoms with Crippen molar-refractivity contribution in [2.45, 2.75) is 24.9 Å². The Morgan fingerprint density at radius 2 is 2.05 bits per heavy atom. The second kappa shape index (κ2) is 5.87. The van der Waals surface area contributed by atoms with Gasteiger partial charge in [0.1, 0.15) is 11.5 Å². The molecule has 0 atom stereocenters. The zero-order chi connectivity index (χ0) is 13.9. The third-order valence-electron chi connectivity index (χ3n) is 2.56. The number of thiophene rings is 1. The van der Waals surface area contributed by atoms with Crippen molar-refractivity contribution < 1.29 is 12.8 Å². The molecule has 0 spiro atoms. The third kappa shape index (κ3) is 3.44. The highest BCUT2D eigenvalue weighted by Gasteiger charge is 2.19. The van der Waals surface area contributed by atoms with Crippen LogP contribution in [0.25, 0.3) is 0 Å². The highest BCUT2D eigenvalue weighted by Crippen LogP contribution is 2.21. The fraction of sp³-hybridized carbons (Fsp3) is 0.333. The third-order valence-corrected chi connectivity index (χ3v) is 5.10. The summed E-state index contributed by atoms with van der Waals surface area (Å²) in [5.41, 5.74) is 0. The summed E-state index contributed by atoms with van der Waals surface area (Å²) in [4.78, 5) is 1.13. The minimum Gasteiger partial charge on any atom is -0.465 e. The molecular weight excluding hydrogens is 284 g/mol. The molecule has 2 N–H and O–H groups in total. The fourth-order valence-corrected chi connectivity index (χ4v) is 4.13. The number of aryl methyl sites for hydroxylation is 1. The quantitative estimate of drug-likeness (QED) is 0.854. The average molecular weight is 300 g/mol. The lowest BCUT2D eigenvalue weighted by Crippen LogP contribution is -2.24. The van der Waals surface area contributed by atoms with Crippen molar-refractivity contribution in [3.63, 3.8) is 0 Å². The summed E-state index contributed by atoms with van der Waals surface area (Å²) in [7, 11) is -1.71. The summed E-state index contributed by atoms with van der Waals surface area (Å²) in [5, 5.41) is 4.74. The Balaban J connectivity index is 2.11. The molecule has 2 heterocycles. The van der Waals surface area contributed by atoms with Crippen LogP contribution in [0.2, 0.25) is 0 Å². The maximum atomic E-state index is 12.2. The van der Waals surface area contributed by atoms with E-state index in [1.165, 1.54) is 11.3 Å². The van der Waals surface area contributed by atoms with Crippen molar-refractivity contribution in [3.8, 4) is 0 Å². The minimum atomic E-state index is -3.50. The van der Waals surface area contributed by atoms with Crippen LogP contribution in [0.5, 0.6) is 0 Å². The molecule has 0 saturated heterocycles. The summed E-state index contributed by atoms with van der Waals surface area (Å²) in [6, 6.07) is 5.19. The van der Waals surface area contributed by atoms with Crippen LogP contribution < -0.4 is 10.0 Å². The van der Waals surface area contributed by atoms with Gasteiger partial charge in [-0.05, 0) is 37.6 Å². The van der Waals surface area contributed by atoms with Gasteiger partial charge in [0.2, 0.25) is 10.0 Å². The standard InChI is InChI=1S/C12H16N2O3S2/c1-9-3-4-10(17-9)7-14-19(15,16)12-5-6-18-11(12)8-13-2/h3-6,13-14H,7-8H2,1-2H3. The highest BCUT2D eigenvalue weighted by atomic mass is 32.2. The topological polar surface area (TPSA) is 71.3 Å². The van der Waals surface area contributed by atoms with Gasteiger partial charge in [0, 0.05) is 11.4 Å². The van der Waals surface area contributed by atoms with Crippen molar-refractivity contribution in [3.05, 3.63) is 40.0 Å². The summed E-state index contributed by atoms with van der Waals surface area (Å²) in [6.07, 6.45) is 0. The lowest BCUT2D eigenvalue weighted by Gasteiger charge is -2.06.